The van der Waals surface area contributed by atoms with Crippen LogP contribution in [-0.4, -0.2) is 34.0 Å². The Kier molecular flexibility index (Phi) is 6.09. The van der Waals surface area contributed by atoms with E-state index in [-0.39, 0.29) is 18.2 Å². The first-order chi connectivity index (χ1) is 16.2. The molecule has 1 N–H and O–H groups in total. The fourth-order valence-corrected chi connectivity index (χ4v) is 4.57. The molecule has 0 spiro atoms. The fourth-order valence-electron chi connectivity index (χ4n) is 3.05. The number of amides is 1. The molecule has 0 unspecified atom stereocenters. The Hall–Kier alpha value is -3.63. The average molecular weight is 479 g/mol. The van der Waals surface area contributed by atoms with Crippen molar-refractivity contribution in [3.05, 3.63) is 66.4 Å². The van der Waals surface area contributed by atoms with Crippen LogP contribution in [0.15, 0.2) is 74.7 Å². The van der Waals surface area contributed by atoms with E-state index in [9.17, 15) is 4.79 Å². The highest BCUT2D eigenvalue weighted by atomic mass is 32.2. The monoisotopic (exact) mass is 478 g/mol. The molecule has 33 heavy (non-hydrogen) atoms. The molecule has 0 bridgehead atoms. The molecule has 0 atom stereocenters. The van der Waals surface area contributed by atoms with Crippen LogP contribution in [0.3, 0.4) is 0 Å². The number of fused-ring (bicyclic) bond motifs is 1. The summed E-state index contributed by atoms with van der Waals surface area (Å²) in [5.74, 6) is 2.46. The summed E-state index contributed by atoms with van der Waals surface area (Å²) >= 11 is 2.75. The number of carbonyl (C=O) groups excluding carboxylic acids is 1. The van der Waals surface area contributed by atoms with Crippen molar-refractivity contribution in [2.24, 2.45) is 0 Å². The van der Waals surface area contributed by atoms with Crippen LogP contribution in [0.5, 0.6) is 5.75 Å². The lowest BCUT2D eigenvalue weighted by atomic mass is 10.2. The van der Waals surface area contributed by atoms with Gasteiger partial charge in [-0.1, -0.05) is 23.9 Å². The number of thioether (sulfide) groups is 1. The number of para-hydroxylation sites is 1. The molecule has 2 aromatic carbocycles. The zero-order chi connectivity index (χ0) is 22.6. The van der Waals surface area contributed by atoms with Gasteiger partial charge in [0, 0.05) is 5.56 Å². The van der Waals surface area contributed by atoms with Gasteiger partial charge >= 0.3 is 0 Å². The molecule has 10 heteroatoms. The summed E-state index contributed by atoms with van der Waals surface area (Å²) in [6.45, 7) is 0.283. The molecule has 166 valence electrons. The summed E-state index contributed by atoms with van der Waals surface area (Å²) in [5.41, 5.74) is 1.72. The Bertz CT molecular complexity index is 1360. The molecule has 0 aliphatic heterocycles. The van der Waals surface area contributed by atoms with Crippen LogP contribution in [0.1, 0.15) is 5.76 Å². The highest BCUT2D eigenvalue weighted by Crippen LogP contribution is 2.31. The van der Waals surface area contributed by atoms with Crippen LogP contribution >= 0.6 is 23.1 Å². The van der Waals surface area contributed by atoms with Crippen molar-refractivity contribution in [1.82, 2.24) is 20.5 Å². The Morgan fingerprint density at radius 1 is 1.06 bits per heavy atom. The standard InChI is InChI=1S/C23H18N4O4S2/c1-29-15-8-6-14(7-9-15)21-26-27-23(31-21)32-13-20(28)24-12-16-10-11-18(30-16)22-25-17-4-2-3-5-19(17)33-22/h2-11H,12-13H2,1H3,(H,24,28). The minimum Gasteiger partial charge on any atom is -0.497 e. The van der Waals surface area contributed by atoms with Gasteiger partial charge in [0.25, 0.3) is 5.22 Å². The first-order valence-electron chi connectivity index (χ1n) is 10.00. The summed E-state index contributed by atoms with van der Waals surface area (Å²) in [6, 6.07) is 19.0. The fraction of sp³-hybridized carbons (Fsp3) is 0.130. The number of aromatic nitrogens is 3. The van der Waals surface area contributed by atoms with Gasteiger partial charge in [0.1, 0.15) is 11.5 Å². The molecule has 0 aliphatic rings. The zero-order valence-electron chi connectivity index (χ0n) is 17.5. The summed E-state index contributed by atoms with van der Waals surface area (Å²) in [4.78, 5) is 16.8. The molecule has 0 aliphatic carbocycles. The van der Waals surface area contributed by atoms with Gasteiger partial charge in [-0.3, -0.25) is 4.79 Å². The third-order valence-corrected chi connectivity index (χ3v) is 6.57. The Labute approximate surface area is 197 Å². The molecule has 0 fully saturated rings. The van der Waals surface area contributed by atoms with Crippen molar-refractivity contribution >= 4 is 39.2 Å². The molecule has 8 nitrogen and oxygen atoms in total. The third kappa shape index (κ3) is 4.91. The quantitative estimate of drug-likeness (QED) is 0.310. The number of nitrogens with one attached hydrogen (secondary N) is 1. The van der Waals surface area contributed by atoms with E-state index in [4.69, 9.17) is 13.6 Å². The lowest BCUT2D eigenvalue weighted by Crippen LogP contribution is -2.24. The smallest absolute Gasteiger partial charge is 0.277 e. The molecule has 3 heterocycles. The van der Waals surface area contributed by atoms with E-state index < -0.39 is 0 Å². The van der Waals surface area contributed by atoms with Gasteiger partial charge in [0.05, 0.1) is 29.6 Å². The molecular weight excluding hydrogens is 460 g/mol. The predicted octanol–water partition coefficient (Wildman–Crippen LogP) is 5.02. The minimum absolute atomic E-state index is 0.148. The number of carbonyl (C=O) groups is 1. The molecule has 0 radical (unpaired) electrons. The number of nitrogens with zero attached hydrogens (tertiary/aromatic N) is 3. The molecular formula is C23H18N4O4S2. The lowest BCUT2D eigenvalue weighted by Gasteiger charge is -2.01. The maximum absolute atomic E-state index is 12.2. The summed E-state index contributed by atoms with van der Waals surface area (Å²) in [7, 11) is 1.61. The zero-order valence-corrected chi connectivity index (χ0v) is 19.1. The first-order valence-corrected chi connectivity index (χ1v) is 11.8. The van der Waals surface area contributed by atoms with Gasteiger partial charge in [0.15, 0.2) is 10.8 Å². The van der Waals surface area contributed by atoms with Crippen molar-refractivity contribution in [2.45, 2.75) is 11.8 Å². The van der Waals surface area contributed by atoms with Gasteiger partial charge in [0.2, 0.25) is 11.8 Å². The molecule has 5 rings (SSSR count). The van der Waals surface area contributed by atoms with Crippen molar-refractivity contribution in [2.75, 3.05) is 12.9 Å². The molecule has 3 aromatic heterocycles. The van der Waals surface area contributed by atoms with Gasteiger partial charge in [-0.15, -0.1) is 21.5 Å². The van der Waals surface area contributed by atoms with Gasteiger partial charge in [-0.05, 0) is 48.5 Å². The van der Waals surface area contributed by atoms with Crippen molar-refractivity contribution in [3.63, 3.8) is 0 Å². The molecule has 5 aromatic rings. The highest BCUT2D eigenvalue weighted by Gasteiger charge is 2.13. The van der Waals surface area contributed by atoms with E-state index in [1.165, 1.54) is 11.8 Å². The molecule has 1 amide bonds. The molecule has 0 saturated carbocycles. The maximum Gasteiger partial charge on any atom is 0.277 e. The average Bonchev–Trinajstić information content (AvgIpc) is 3.60. The third-order valence-electron chi connectivity index (χ3n) is 4.70. The highest BCUT2D eigenvalue weighted by molar-refractivity contribution is 7.99. The van der Waals surface area contributed by atoms with Crippen LogP contribution in [0.4, 0.5) is 0 Å². The van der Waals surface area contributed by atoms with Gasteiger partial charge in [-0.2, -0.15) is 0 Å². The van der Waals surface area contributed by atoms with Crippen molar-refractivity contribution in [1.29, 1.82) is 0 Å². The van der Waals surface area contributed by atoms with E-state index in [0.717, 1.165) is 26.5 Å². The molecule has 0 saturated heterocycles. The second-order valence-electron chi connectivity index (χ2n) is 6.92. The van der Waals surface area contributed by atoms with E-state index in [0.29, 0.717) is 22.6 Å². The normalized spacial score (nSPS) is 11.1. The Morgan fingerprint density at radius 2 is 1.91 bits per heavy atom. The van der Waals surface area contributed by atoms with Crippen molar-refractivity contribution in [3.8, 4) is 28.0 Å². The number of ether oxygens (including phenoxy) is 1. The van der Waals surface area contributed by atoms with Crippen LogP contribution in [0, 0.1) is 0 Å². The lowest BCUT2D eigenvalue weighted by molar-refractivity contribution is -0.118. The summed E-state index contributed by atoms with van der Waals surface area (Å²) < 4.78 is 17.7. The van der Waals surface area contributed by atoms with Crippen LogP contribution in [-0.2, 0) is 11.3 Å². The van der Waals surface area contributed by atoms with Gasteiger partial charge in [-0.25, -0.2) is 4.98 Å². The Balaban J connectivity index is 1.13. The predicted molar refractivity (Wildman–Crippen MR) is 126 cm³/mol. The largest absolute Gasteiger partial charge is 0.497 e. The summed E-state index contributed by atoms with van der Waals surface area (Å²) in [5, 5.41) is 12.0. The number of hydrogen-bond donors (Lipinski definition) is 1. The Morgan fingerprint density at radius 3 is 2.73 bits per heavy atom. The number of hydrogen-bond acceptors (Lipinski definition) is 9. The van der Waals surface area contributed by atoms with E-state index in [1.807, 2.05) is 60.7 Å². The van der Waals surface area contributed by atoms with Crippen LogP contribution < -0.4 is 10.1 Å². The second kappa shape index (κ2) is 9.47. The number of benzene rings is 2. The van der Waals surface area contributed by atoms with Crippen LogP contribution in [0.2, 0.25) is 0 Å². The first kappa shape index (κ1) is 21.2. The number of thiazole rings is 1. The maximum atomic E-state index is 12.2. The SMILES string of the molecule is COc1ccc(-c2nnc(SCC(=O)NCc3ccc(-c4nc5ccccc5s4)o3)o2)cc1. The number of furan rings is 1. The van der Waals surface area contributed by atoms with E-state index in [1.54, 1.807) is 18.4 Å². The van der Waals surface area contributed by atoms with Crippen molar-refractivity contribution < 1.29 is 18.4 Å². The van der Waals surface area contributed by atoms with E-state index >= 15 is 0 Å². The topological polar surface area (TPSA) is 103 Å². The van der Waals surface area contributed by atoms with E-state index in [2.05, 4.69) is 20.5 Å². The minimum atomic E-state index is -0.165. The second-order valence-corrected chi connectivity index (χ2v) is 8.88. The number of rotatable bonds is 8. The summed E-state index contributed by atoms with van der Waals surface area (Å²) in [6.07, 6.45) is 0. The number of methoxy groups -OCH3 is 1. The van der Waals surface area contributed by atoms with Crippen LogP contribution in [0.25, 0.3) is 32.4 Å². The van der Waals surface area contributed by atoms with Gasteiger partial charge < -0.3 is 18.9 Å².